The third kappa shape index (κ3) is 3.75. The van der Waals surface area contributed by atoms with Crippen LogP contribution in [-0.4, -0.2) is 26.1 Å². The van der Waals surface area contributed by atoms with Gasteiger partial charge >= 0.3 is 5.97 Å². The van der Waals surface area contributed by atoms with Gasteiger partial charge in [-0.2, -0.15) is 0 Å². The molecule has 1 heterocycles. The number of rotatable bonds is 5. The Kier molecular flexibility index (Phi) is 4.22. The molecule has 0 bridgehead atoms. The van der Waals surface area contributed by atoms with Crippen molar-refractivity contribution in [1.82, 2.24) is 15.0 Å². The Bertz CT molecular complexity index is 559. The van der Waals surface area contributed by atoms with E-state index in [0.717, 1.165) is 10.6 Å². The molecule has 1 N–H and O–H groups in total. The lowest BCUT2D eigenvalue weighted by Gasteiger charge is -1.99. The molecular formula is C11H10ClN3O2S. The predicted octanol–water partition coefficient (Wildman–Crippen LogP) is 2.31. The normalized spacial score (nSPS) is 10.5. The van der Waals surface area contributed by atoms with Gasteiger partial charge in [-0.25, -0.2) is 4.68 Å². The number of benzene rings is 1. The molecule has 2 aromatic rings. The number of carbonyl (C=O) groups is 1. The first-order chi connectivity index (χ1) is 8.63. The van der Waals surface area contributed by atoms with E-state index in [1.54, 1.807) is 18.0 Å². The van der Waals surface area contributed by atoms with E-state index in [0.29, 0.717) is 10.8 Å². The summed E-state index contributed by atoms with van der Waals surface area (Å²) in [5, 5.41) is 16.9. The molecule has 0 amide bonds. The highest BCUT2D eigenvalue weighted by atomic mass is 35.5. The van der Waals surface area contributed by atoms with Crippen molar-refractivity contribution in [3.8, 4) is 0 Å². The van der Waals surface area contributed by atoms with Gasteiger partial charge in [-0.05, 0) is 18.2 Å². The third-order valence-electron chi connectivity index (χ3n) is 2.07. The molecule has 1 aromatic carbocycles. The highest BCUT2D eigenvalue weighted by molar-refractivity contribution is 7.98. The van der Waals surface area contributed by atoms with Crippen LogP contribution in [-0.2, 0) is 17.1 Å². The smallest absolute Gasteiger partial charge is 0.325 e. The summed E-state index contributed by atoms with van der Waals surface area (Å²) in [6.07, 6.45) is 1.63. The molecule has 0 atom stereocenters. The van der Waals surface area contributed by atoms with Crippen molar-refractivity contribution in [2.75, 3.05) is 0 Å². The minimum absolute atomic E-state index is 0.172. The summed E-state index contributed by atoms with van der Waals surface area (Å²) in [6.45, 7) is -0.172. The van der Waals surface area contributed by atoms with E-state index in [-0.39, 0.29) is 6.54 Å². The fraction of sp³-hybridized carbons (Fsp3) is 0.182. The Morgan fingerprint density at radius 3 is 3.06 bits per heavy atom. The SMILES string of the molecule is O=C(O)Cn1cc(CSc2cccc(Cl)c2)nn1. The molecule has 0 radical (unpaired) electrons. The van der Waals surface area contributed by atoms with E-state index in [2.05, 4.69) is 10.3 Å². The maximum absolute atomic E-state index is 10.5. The molecule has 94 valence electrons. The lowest BCUT2D eigenvalue weighted by molar-refractivity contribution is -0.137. The van der Waals surface area contributed by atoms with E-state index in [9.17, 15) is 4.79 Å². The number of halogens is 1. The fourth-order valence-corrected chi connectivity index (χ4v) is 2.42. The predicted molar refractivity (Wildman–Crippen MR) is 68.7 cm³/mol. The third-order valence-corrected chi connectivity index (χ3v) is 3.33. The van der Waals surface area contributed by atoms with Gasteiger partial charge in [-0.3, -0.25) is 4.79 Å². The van der Waals surface area contributed by atoms with Gasteiger partial charge in [0.2, 0.25) is 0 Å². The minimum atomic E-state index is -0.936. The van der Waals surface area contributed by atoms with Gasteiger partial charge in [0, 0.05) is 21.9 Å². The quantitative estimate of drug-likeness (QED) is 0.853. The second-order valence-corrected chi connectivity index (χ2v) is 5.03. The first kappa shape index (κ1) is 12.9. The van der Waals surface area contributed by atoms with Crippen LogP contribution in [0.3, 0.4) is 0 Å². The maximum atomic E-state index is 10.5. The van der Waals surface area contributed by atoms with Crippen LogP contribution in [0.5, 0.6) is 0 Å². The standard InChI is InChI=1S/C11H10ClN3O2S/c12-8-2-1-3-10(4-8)18-7-9-5-15(14-13-9)6-11(16)17/h1-5H,6-7H2,(H,16,17). The average molecular weight is 284 g/mol. The molecule has 18 heavy (non-hydrogen) atoms. The van der Waals surface area contributed by atoms with Gasteiger partial charge in [0.15, 0.2) is 0 Å². The number of nitrogens with zero attached hydrogens (tertiary/aromatic N) is 3. The summed E-state index contributed by atoms with van der Waals surface area (Å²) in [4.78, 5) is 11.5. The zero-order valence-electron chi connectivity index (χ0n) is 9.28. The number of hydrogen-bond acceptors (Lipinski definition) is 4. The fourth-order valence-electron chi connectivity index (χ4n) is 1.33. The Hall–Kier alpha value is -1.53. The molecular weight excluding hydrogens is 274 g/mol. The van der Waals surface area contributed by atoms with Crippen molar-refractivity contribution in [2.45, 2.75) is 17.2 Å². The number of aromatic nitrogens is 3. The topological polar surface area (TPSA) is 68.0 Å². The zero-order valence-corrected chi connectivity index (χ0v) is 10.9. The summed E-state index contributed by atoms with van der Waals surface area (Å²) in [7, 11) is 0. The molecule has 0 aliphatic carbocycles. The summed E-state index contributed by atoms with van der Waals surface area (Å²) in [5.74, 6) is -0.311. The largest absolute Gasteiger partial charge is 0.480 e. The van der Waals surface area contributed by atoms with Gasteiger partial charge < -0.3 is 5.11 Å². The molecule has 2 rings (SSSR count). The van der Waals surface area contributed by atoms with E-state index in [1.165, 1.54) is 4.68 Å². The molecule has 0 spiro atoms. The summed E-state index contributed by atoms with van der Waals surface area (Å²) >= 11 is 7.45. The summed E-state index contributed by atoms with van der Waals surface area (Å²) in [6, 6.07) is 7.52. The molecule has 0 unspecified atom stereocenters. The van der Waals surface area contributed by atoms with Crippen LogP contribution in [0.2, 0.25) is 5.02 Å². The zero-order chi connectivity index (χ0) is 13.0. The molecule has 5 nitrogen and oxygen atoms in total. The second-order valence-electron chi connectivity index (χ2n) is 3.55. The van der Waals surface area contributed by atoms with Crippen molar-refractivity contribution in [3.05, 3.63) is 41.2 Å². The van der Waals surface area contributed by atoms with Crippen molar-refractivity contribution >= 4 is 29.3 Å². The Morgan fingerprint density at radius 2 is 2.33 bits per heavy atom. The first-order valence-corrected chi connectivity index (χ1v) is 6.49. The lowest BCUT2D eigenvalue weighted by Crippen LogP contribution is -2.08. The molecule has 1 aromatic heterocycles. The van der Waals surface area contributed by atoms with Crippen LogP contribution < -0.4 is 0 Å². The first-order valence-electron chi connectivity index (χ1n) is 5.12. The van der Waals surface area contributed by atoms with Crippen molar-refractivity contribution < 1.29 is 9.90 Å². The van der Waals surface area contributed by atoms with Gasteiger partial charge in [0.1, 0.15) is 6.54 Å². The molecule has 0 saturated carbocycles. The number of carboxylic acid groups (broad SMARTS) is 1. The molecule has 0 saturated heterocycles. The van der Waals surface area contributed by atoms with Crippen LogP contribution in [0.4, 0.5) is 0 Å². The summed E-state index contributed by atoms with van der Waals surface area (Å²) < 4.78 is 1.30. The van der Waals surface area contributed by atoms with Gasteiger partial charge in [0.25, 0.3) is 0 Å². The van der Waals surface area contributed by atoms with E-state index in [4.69, 9.17) is 16.7 Å². The molecule has 0 aliphatic heterocycles. The Morgan fingerprint density at radius 1 is 1.50 bits per heavy atom. The number of carboxylic acids is 1. The summed E-state index contributed by atoms with van der Waals surface area (Å²) in [5.41, 5.74) is 0.737. The maximum Gasteiger partial charge on any atom is 0.325 e. The Labute approximate surface area is 113 Å². The van der Waals surface area contributed by atoms with Crippen molar-refractivity contribution in [3.63, 3.8) is 0 Å². The van der Waals surface area contributed by atoms with Crippen LogP contribution in [0.25, 0.3) is 0 Å². The molecule has 7 heteroatoms. The van der Waals surface area contributed by atoms with E-state index >= 15 is 0 Å². The number of thioether (sulfide) groups is 1. The van der Waals surface area contributed by atoms with Crippen LogP contribution in [0.1, 0.15) is 5.69 Å². The second kappa shape index (κ2) is 5.88. The van der Waals surface area contributed by atoms with Crippen LogP contribution in [0.15, 0.2) is 35.4 Å². The van der Waals surface area contributed by atoms with Crippen LogP contribution in [0, 0.1) is 0 Å². The van der Waals surface area contributed by atoms with Gasteiger partial charge in [-0.1, -0.05) is 22.9 Å². The minimum Gasteiger partial charge on any atom is -0.480 e. The van der Waals surface area contributed by atoms with Gasteiger partial charge in [0.05, 0.1) is 5.69 Å². The number of aliphatic carboxylic acids is 1. The lowest BCUT2D eigenvalue weighted by atomic mass is 10.4. The van der Waals surface area contributed by atoms with E-state index in [1.807, 2.05) is 24.3 Å². The molecule has 0 aliphatic rings. The monoisotopic (exact) mass is 283 g/mol. The van der Waals surface area contributed by atoms with Crippen molar-refractivity contribution in [2.24, 2.45) is 0 Å². The van der Waals surface area contributed by atoms with E-state index < -0.39 is 5.97 Å². The van der Waals surface area contributed by atoms with Gasteiger partial charge in [-0.15, -0.1) is 16.9 Å². The highest BCUT2D eigenvalue weighted by Crippen LogP contribution is 2.24. The molecule has 0 fully saturated rings. The highest BCUT2D eigenvalue weighted by Gasteiger charge is 2.05. The average Bonchev–Trinajstić information content (AvgIpc) is 2.73. The Balaban J connectivity index is 1.94. The van der Waals surface area contributed by atoms with Crippen LogP contribution >= 0.6 is 23.4 Å². The number of hydrogen-bond donors (Lipinski definition) is 1. The van der Waals surface area contributed by atoms with Crippen molar-refractivity contribution in [1.29, 1.82) is 0 Å².